The van der Waals surface area contributed by atoms with Gasteiger partial charge in [0.2, 0.25) is 5.91 Å². The number of unbranched alkanes of at least 4 members (excludes halogenated alkanes) is 3. The minimum Gasteiger partial charge on any atom is -0.481 e. The smallest absolute Gasteiger partial charge is 0.327 e. The van der Waals surface area contributed by atoms with Gasteiger partial charge in [0.25, 0.3) is 0 Å². The summed E-state index contributed by atoms with van der Waals surface area (Å²) < 4.78 is 0. The molecule has 0 aliphatic carbocycles. The summed E-state index contributed by atoms with van der Waals surface area (Å²) in [5.41, 5.74) is 0. The van der Waals surface area contributed by atoms with Gasteiger partial charge in [-0.25, -0.2) is 4.79 Å². The van der Waals surface area contributed by atoms with Crippen LogP contribution in [0.1, 0.15) is 65.2 Å². The van der Waals surface area contributed by atoms with E-state index in [4.69, 9.17) is 5.11 Å². The van der Waals surface area contributed by atoms with Crippen molar-refractivity contribution in [1.82, 2.24) is 5.32 Å². The minimum atomic E-state index is -1.15. The number of allylic oxidation sites excluding steroid dienone is 7. The fourth-order valence-corrected chi connectivity index (χ4v) is 4.01. The maximum Gasteiger partial charge on any atom is 0.327 e. The summed E-state index contributed by atoms with van der Waals surface area (Å²) in [5.74, 6) is -2.44. The molecule has 0 saturated heterocycles. The number of aliphatic hydroxyl groups excluding tert-OH is 1. The fourth-order valence-electron chi connectivity index (χ4n) is 2.81. The van der Waals surface area contributed by atoms with E-state index in [-0.39, 0.29) is 18.6 Å². The molecule has 33 heavy (non-hydrogen) atoms. The monoisotopic (exact) mass is 481 g/mol. The number of rotatable bonds is 19. The Morgan fingerprint density at radius 3 is 2.33 bits per heavy atom. The maximum atomic E-state index is 11.3. The van der Waals surface area contributed by atoms with Gasteiger partial charge in [-0.15, -0.1) is 11.8 Å². The zero-order valence-electron chi connectivity index (χ0n) is 19.7. The Kier molecular flexibility index (Phi) is 18.9. The molecule has 4 N–H and O–H groups in total. The fraction of sp³-hybridized carbons (Fsp3) is 0.560. The van der Waals surface area contributed by atoms with Crippen LogP contribution >= 0.6 is 11.8 Å². The highest BCUT2D eigenvalue weighted by molar-refractivity contribution is 8.00. The van der Waals surface area contributed by atoms with Crippen LogP contribution in [-0.4, -0.2) is 56.3 Å². The predicted molar refractivity (Wildman–Crippen MR) is 134 cm³/mol. The second kappa shape index (κ2) is 20.3. The van der Waals surface area contributed by atoms with Crippen molar-refractivity contribution >= 4 is 29.6 Å². The second-order valence-electron chi connectivity index (χ2n) is 7.64. The van der Waals surface area contributed by atoms with Crippen molar-refractivity contribution in [3.63, 3.8) is 0 Å². The number of carboxylic acid groups (broad SMARTS) is 2. The summed E-state index contributed by atoms with van der Waals surface area (Å²) in [6, 6.07) is -1.07. The summed E-state index contributed by atoms with van der Waals surface area (Å²) in [6.45, 7) is 3.44. The van der Waals surface area contributed by atoms with E-state index >= 15 is 0 Å². The highest BCUT2D eigenvalue weighted by Crippen LogP contribution is 2.21. The van der Waals surface area contributed by atoms with Crippen LogP contribution in [0.5, 0.6) is 0 Å². The van der Waals surface area contributed by atoms with Gasteiger partial charge in [0.15, 0.2) is 0 Å². The molecule has 0 aliphatic heterocycles. The van der Waals surface area contributed by atoms with Gasteiger partial charge in [0, 0.05) is 24.3 Å². The lowest BCUT2D eigenvalue weighted by Crippen LogP contribution is -2.42. The van der Waals surface area contributed by atoms with Crippen LogP contribution in [0.25, 0.3) is 0 Å². The van der Waals surface area contributed by atoms with Crippen molar-refractivity contribution in [2.24, 2.45) is 0 Å². The van der Waals surface area contributed by atoms with Crippen molar-refractivity contribution in [2.75, 3.05) is 5.75 Å². The van der Waals surface area contributed by atoms with Crippen molar-refractivity contribution in [1.29, 1.82) is 0 Å². The van der Waals surface area contributed by atoms with Gasteiger partial charge in [0.1, 0.15) is 6.04 Å². The summed E-state index contributed by atoms with van der Waals surface area (Å²) in [6.07, 6.45) is 20.9. The Hall–Kier alpha value is -2.32. The third kappa shape index (κ3) is 18.9. The van der Waals surface area contributed by atoms with Crippen LogP contribution in [0.2, 0.25) is 0 Å². The molecule has 0 fully saturated rings. The molecule has 0 bridgehead atoms. The van der Waals surface area contributed by atoms with Crippen molar-refractivity contribution in [3.8, 4) is 0 Å². The molecule has 0 aliphatic rings. The molecule has 0 heterocycles. The molecule has 7 nitrogen and oxygen atoms in total. The highest BCUT2D eigenvalue weighted by atomic mass is 32.2. The van der Waals surface area contributed by atoms with Crippen LogP contribution in [-0.2, 0) is 14.4 Å². The number of nitrogens with one attached hydrogen (secondary N) is 1. The summed E-state index contributed by atoms with van der Waals surface area (Å²) in [4.78, 5) is 33.3. The van der Waals surface area contributed by atoms with E-state index in [1.54, 1.807) is 12.2 Å². The molecule has 0 spiro atoms. The van der Waals surface area contributed by atoms with Gasteiger partial charge in [-0.3, -0.25) is 9.59 Å². The quantitative estimate of drug-likeness (QED) is 0.122. The van der Waals surface area contributed by atoms with Gasteiger partial charge in [-0.1, -0.05) is 68.4 Å². The molecule has 8 heteroatoms. The standard InChI is InChI=1S/C25H39NO6S/c1-3-4-5-6-7-8-9-10-11-12-13-14-17-23(22(28)16-15-18-24(29)30)33-19-21(25(31)32)26-20(2)27/h7-8,10-14,17,21-23,28H,3-6,9,15-16,18-19H2,1-2H3,(H,26,27)(H,29,30)(H,31,32)/b8-7+,11-10+,13-12+,17-14+. The molecule has 3 atom stereocenters. The second-order valence-corrected chi connectivity index (χ2v) is 8.85. The van der Waals surface area contributed by atoms with Crippen LogP contribution in [0.4, 0.5) is 0 Å². The molecular formula is C25H39NO6S. The highest BCUT2D eigenvalue weighted by Gasteiger charge is 2.23. The molecule has 1 amide bonds. The lowest BCUT2D eigenvalue weighted by molar-refractivity contribution is -0.140. The number of hydrogen-bond acceptors (Lipinski definition) is 5. The first-order valence-electron chi connectivity index (χ1n) is 11.4. The number of carbonyl (C=O) groups is 3. The van der Waals surface area contributed by atoms with E-state index in [2.05, 4.69) is 24.4 Å². The first-order valence-corrected chi connectivity index (χ1v) is 12.5. The summed E-state index contributed by atoms with van der Waals surface area (Å²) in [7, 11) is 0. The van der Waals surface area contributed by atoms with Crippen LogP contribution in [0.3, 0.4) is 0 Å². The van der Waals surface area contributed by atoms with E-state index in [1.807, 2.05) is 24.3 Å². The Morgan fingerprint density at radius 1 is 0.970 bits per heavy atom. The van der Waals surface area contributed by atoms with Gasteiger partial charge >= 0.3 is 11.9 Å². The molecular weight excluding hydrogens is 442 g/mol. The Bertz CT molecular complexity index is 686. The molecule has 0 saturated carbocycles. The number of aliphatic hydroxyl groups is 1. The molecule has 0 radical (unpaired) electrons. The predicted octanol–water partition coefficient (Wildman–Crippen LogP) is 4.49. The largest absolute Gasteiger partial charge is 0.481 e. The molecule has 0 aromatic carbocycles. The molecule has 0 aromatic rings. The number of aliphatic carboxylic acids is 2. The zero-order chi connectivity index (χ0) is 24.9. The number of amides is 1. The number of carboxylic acids is 2. The third-order valence-electron chi connectivity index (χ3n) is 4.58. The number of thioether (sulfide) groups is 1. The van der Waals surface area contributed by atoms with Gasteiger partial charge in [-0.2, -0.15) is 0 Å². The van der Waals surface area contributed by atoms with Gasteiger partial charge < -0.3 is 20.6 Å². The maximum absolute atomic E-state index is 11.3. The van der Waals surface area contributed by atoms with E-state index in [0.717, 1.165) is 12.8 Å². The summed E-state index contributed by atoms with van der Waals surface area (Å²) in [5, 5.41) is 30.5. The van der Waals surface area contributed by atoms with Crippen molar-refractivity contribution in [3.05, 3.63) is 48.6 Å². The molecule has 186 valence electrons. The van der Waals surface area contributed by atoms with E-state index in [9.17, 15) is 24.6 Å². The van der Waals surface area contributed by atoms with Gasteiger partial charge in [0.05, 0.1) is 6.10 Å². The average molecular weight is 482 g/mol. The van der Waals surface area contributed by atoms with E-state index in [1.165, 1.54) is 37.9 Å². The Morgan fingerprint density at radius 2 is 1.70 bits per heavy atom. The van der Waals surface area contributed by atoms with Crippen molar-refractivity contribution in [2.45, 2.75) is 82.6 Å². The number of carbonyl (C=O) groups excluding carboxylic acids is 1. The number of hydrogen-bond donors (Lipinski definition) is 4. The lowest BCUT2D eigenvalue weighted by atomic mass is 10.1. The van der Waals surface area contributed by atoms with Crippen LogP contribution < -0.4 is 5.32 Å². The normalized spacial score (nSPS) is 14.9. The topological polar surface area (TPSA) is 124 Å². The Balaban J connectivity index is 4.78. The lowest BCUT2D eigenvalue weighted by Gasteiger charge is -2.21. The summed E-state index contributed by atoms with van der Waals surface area (Å²) >= 11 is 1.21. The van der Waals surface area contributed by atoms with E-state index < -0.39 is 35.2 Å². The minimum absolute atomic E-state index is 0.0421. The van der Waals surface area contributed by atoms with Crippen LogP contribution in [0.15, 0.2) is 48.6 Å². The van der Waals surface area contributed by atoms with Crippen LogP contribution in [0, 0.1) is 0 Å². The van der Waals surface area contributed by atoms with Gasteiger partial charge in [-0.05, 0) is 32.1 Å². The first-order chi connectivity index (χ1) is 15.8. The van der Waals surface area contributed by atoms with Crippen molar-refractivity contribution < 1.29 is 29.7 Å². The zero-order valence-corrected chi connectivity index (χ0v) is 20.5. The molecule has 0 rings (SSSR count). The molecule has 0 aromatic heterocycles. The van der Waals surface area contributed by atoms with E-state index in [0.29, 0.717) is 6.42 Å². The third-order valence-corrected chi connectivity index (χ3v) is 5.97. The Labute approximate surface area is 201 Å². The first kappa shape index (κ1) is 30.7. The SMILES string of the molecule is CCCCC/C=C/C/C=C/C=C/C=C/C(SCC(NC(C)=O)C(=O)O)C(O)CCCC(=O)O. The average Bonchev–Trinajstić information content (AvgIpc) is 2.74. The molecule has 3 unspecified atom stereocenters.